The average Bonchev–Trinajstić information content (AvgIpc) is 3.68. The molecule has 3 atom stereocenters. The van der Waals surface area contributed by atoms with Crippen molar-refractivity contribution < 1.29 is 37.4 Å². The highest BCUT2D eigenvalue weighted by atomic mass is 79.9. The number of amides is 2. The largest absolute Gasteiger partial charge is 0.467 e. The summed E-state index contributed by atoms with van der Waals surface area (Å²) in [4.78, 5) is 48.3. The van der Waals surface area contributed by atoms with Crippen molar-refractivity contribution in [3.8, 4) is 22.9 Å². The maximum atomic E-state index is 13.7. The molecule has 0 radical (unpaired) electrons. The number of nitrogens with one attached hydrogen (secondary N) is 2. The topological polar surface area (TPSA) is 155 Å². The molecular formula is C29H37BrN4O8. The lowest BCUT2D eigenvalue weighted by Gasteiger charge is -2.27. The Morgan fingerprint density at radius 2 is 1.67 bits per heavy atom. The number of alkyl halides is 1. The van der Waals surface area contributed by atoms with E-state index in [4.69, 9.17) is 23.0 Å². The zero-order chi connectivity index (χ0) is 31.0. The highest BCUT2D eigenvalue weighted by Gasteiger charge is 2.38. The van der Waals surface area contributed by atoms with Gasteiger partial charge in [0.05, 0.1) is 12.4 Å². The summed E-state index contributed by atoms with van der Waals surface area (Å²) in [5, 5.41) is 5.76. The highest BCUT2D eigenvalue weighted by molar-refractivity contribution is 9.09. The number of aromatic nitrogens is 2. The molecule has 13 heteroatoms. The summed E-state index contributed by atoms with van der Waals surface area (Å²) in [7, 11) is 4.16. The van der Waals surface area contributed by atoms with Crippen LogP contribution in [0.4, 0.5) is 0 Å². The molecule has 2 amide bonds. The van der Waals surface area contributed by atoms with Gasteiger partial charge in [-0.2, -0.15) is 0 Å². The predicted octanol–water partition coefficient (Wildman–Crippen LogP) is 4.30. The van der Waals surface area contributed by atoms with E-state index in [1.165, 1.54) is 27.6 Å². The van der Waals surface area contributed by atoms with Gasteiger partial charge in [0.25, 0.3) is 17.6 Å². The molecule has 0 saturated heterocycles. The molecular weight excluding hydrogens is 612 g/mol. The Morgan fingerprint density at radius 3 is 2.21 bits per heavy atom. The summed E-state index contributed by atoms with van der Waals surface area (Å²) in [5.41, 5.74) is 0.735. The monoisotopic (exact) mass is 648 g/mol. The molecule has 0 aliphatic rings. The second-order valence-corrected chi connectivity index (χ2v) is 10.5. The van der Waals surface area contributed by atoms with Gasteiger partial charge in [0.2, 0.25) is 11.8 Å². The molecule has 2 N–H and O–H groups in total. The molecule has 0 saturated carbocycles. The number of carbonyl (C=O) groups excluding carboxylic acids is 3. The van der Waals surface area contributed by atoms with E-state index in [9.17, 15) is 14.4 Å². The number of rotatable bonds is 14. The average molecular weight is 650 g/mol. The Kier molecular flexibility index (Phi) is 11.4. The number of hydrogen-bond acceptors (Lipinski definition) is 10. The van der Waals surface area contributed by atoms with Gasteiger partial charge in [-0.3, -0.25) is 9.59 Å². The van der Waals surface area contributed by atoms with Crippen LogP contribution < -0.4 is 10.6 Å². The van der Waals surface area contributed by atoms with Crippen molar-refractivity contribution in [1.29, 1.82) is 0 Å². The zero-order valence-electron chi connectivity index (χ0n) is 24.7. The molecule has 0 aliphatic heterocycles. The van der Waals surface area contributed by atoms with Crippen LogP contribution in [0.25, 0.3) is 22.9 Å². The Balaban J connectivity index is 2.00. The number of oxazole rings is 2. The summed E-state index contributed by atoms with van der Waals surface area (Å²) >= 11 is 3.35. The first kappa shape index (κ1) is 33.0. The Bertz CT molecular complexity index is 1340. The molecule has 0 aliphatic carbocycles. The number of methoxy groups -OCH3 is 3. The van der Waals surface area contributed by atoms with E-state index in [0.29, 0.717) is 12.0 Å². The van der Waals surface area contributed by atoms with Crippen LogP contribution in [0.1, 0.15) is 50.5 Å². The molecule has 2 heterocycles. The Morgan fingerprint density at radius 1 is 1.00 bits per heavy atom. The van der Waals surface area contributed by atoms with Crippen molar-refractivity contribution in [3.05, 3.63) is 48.2 Å². The normalized spacial score (nSPS) is 13.8. The lowest BCUT2D eigenvalue weighted by atomic mass is 9.96. The van der Waals surface area contributed by atoms with Gasteiger partial charge in [0, 0.05) is 19.8 Å². The van der Waals surface area contributed by atoms with Crippen LogP contribution in [-0.4, -0.2) is 66.5 Å². The molecule has 228 valence electrons. The summed E-state index contributed by atoms with van der Waals surface area (Å²) in [6, 6.07) is 7.10. The van der Waals surface area contributed by atoms with Gasteiger partial charge in [0.15, 0.2) is 17.1 Å². The van der Waals surface area contributed by atoms with E-state index in [0.717, 1.165) is 0 Å². The maximum Gasteiger partial charge on any atom is 0.328 e. The van der Waals surface area contributed by atoms with Crippen molar-refractivity contribution in [3.63, 3.8) is 0 Å². The van der Waals surface area contributed by atoms with Gasteiger partial charge in [-0.15, -0.1) is 0 Å². The number of nitrogens with zero attached hydrogens (tertiary/aromatic N) is 2. The van der Waals surface area contributed by atoms with Gasteiger partial charge in [0.1, 0.15) is 18.3 Å². The van der Waals surface area contributed by atoms with E-state index in [2.05, 4.69) is 36.5 Å². The van der Waals surface area contributed by atoms with Gasteiger partial charge >= 0.3 is 5.97 Å². The summed E-state index contributed by atoms with van der Waals surface area (Å²) in [6.45, 7) is 7.31. The minimum absolute atomic E-state index is 0.0137. The third-order valence-corrected chi connectivity index (χ3v) is 7.70. The fraction of sp³-hybridized carbons (Fsp3) is 0.483. The molecule has 0 spiro atoms. The number of hydrogen-bond donors (Lipinski definition) is 2. The number of benzene rings is 1. The number of ether oxygens (including phenoxy) is 3. The number of esters is 1. The van der Waals surface area contributed by atoms with Crippen LogP contribution in [-0.2, 0) is 29.6 Å². The second kappa shape index (κ2) is 14.6. The molecule has 1 aromatic carbocycles. The van der Waals surface area contributed by atoms with E-state index in [1.54, 1.807) is 38.1 Å². The third-order valence-electron chi connectivity index (χ3n) is 6.96. The predicted molar refractivity (Wildman–Crippen MR) is 156 cm³/mol. The first-order valence-electron chi connectivity index (χ1n) is 13.4. The smallest absolute Gasteiger partial charge is 0.328 e. The Hall–Kier alpha value is -3.55. The van der Waals surface area contributed by atoms with Crippen molar-refractivity contribution in [2.24, 2.45) is 11.8 Å². The minimum Gasteiger partial charge on any atom is -0.467 e. The second-order valence-electron chi connectivity index (χ2n) is 9.99. The van der Waals surface area contributed by atoms with E-state index in [1.807, 2.05) is 19.9 Å². The molecule has 0 fully saturated rings. The molecule has 3 rings (SSSR count). The minimum atomic E-state index is -1.29. The first-order chi connectivity index (χ1) is 20.0. The van der Waals surface area contributed by atoms with Crippen LogP contribution >= 0.6 is 15.9 Å². The maximum absolute atomic E-state index is 13.7. The molecule has 12 nitrogen and oxygen atoms in total. The van der Waals surface area contributed by atoms with Crippen LogP contribution in [0.3, 0.4) is 0 Å². The molecule has 42 heavy (non-hydrogen) atoms. The standard InChI is InChI=1S/C29H37BrN4O8/c1-8-17(4)21(24(35)32-20(16(2)3)27(37)38-5)33-25(36)22-23(18-12-10-9-11-13-18)42-26(34-22)19-14-41-28(31-19)29(15-30,39-6)40-7/h9-14,16-17,20-21H,8,15H2,1-7H3,(H,32,35)(H,33,36)/t17-,20-,21+/m0/s1. The lowest BCUT2D eigenvalue weighted by molar-refractivity contribution is -0.211. The molecule has 3 aromatic rings. The van der Waals surface area contributed by atoms with Crippen LogP contribution in [0.5, 0.6) is 0 Å². The van der Waals surface area contributed by atoms with Crippen molar-refractivity contribution in [2.45, 2.75) is 52.0 Å². The van der Waals surface area contributed by atoms with Gasteiger partial charge in [-0.1, -0.05) is 80.4 Å². The first-order valence-corrected chi connectivity index (χ1v) is 14.6. The van der Waals surface area contributed by atoms with Crippen molar-refractivity contribution in [1.82, 2.24) is 20.6 Å². The zero-order valence-corrected chi connectivity index (χ0v) is 26.3. The van der Waals surface area contributed by atoms with Crippen LogP contribution in [0, 0.1) is 11.8 Å². The van der Waals surface area contributed by atoms with E-state index in [-0.39, 0.29) is 46.1 Å². The Labute approximate surface area is 253 Å². The number of halogens is 1. The van der Waals surface area contributed by atoms with Crippen molar-refractivity contribution in [2.75, 3.05) is 26.7 Å². The summed E-state index contributed by atoms with van der Waals surface area (Å²) in [6.07, 6.45) is 1.90. The molecule has 0 unspecified atom stereocenters. The van der Waals surface area contributed by atoms with Gasteiger partial charge in [-0.25, -0.2) is 14.8 Å². The van der Waals surface area contributed by atoms with Gasteiger partial charge < -0.3 is 33.7 Å². The summed E-state index contributed by atoms with van der Waals surface area (Å²) in [5.74, 6) is -3.22. The van der Waals surface area contributed by atoms with E-state index < -0.39 is 35.7 Å². The van der Waals surface area contributed by atoms with Crippen molar-refractivity contribution >= 4 is 33.7 Å². The number of carbonyl (C=O) groups is 3. The quantitative estimate of drug-likeness (QED) is 0.147. The van der Waals surface area contributed by atoms with E-state index >= 15 is 0 Å². The highest BCUT2D eigenvalue weighted by Crippen LogP contribution is 2.33. The third kappa shape index (κ3) is 7.08. The lowest BCUT2D eigenvalue weighted by Crippen LogP contribution is -2.55. The fourth-order valence-corrected chi connectivity index (χ4v) is 4.82. The SMILES string of the molecule is CC[C@H](C)[C@@H](NC(=O)c1nc(-c2coc(C(CBr)(OC)OC)n2)oc1-c1ccccc1)C(=O)N[C@H](C(=O)OC)C(C)C. The fourth-order valence-electron chi connectivity index (χ4n) is 4.12. The molecule has 0 bridgehead atoms. The summed E-state index contributed by atoms with van der Waals surface area (Å²) < 4.78 is 27.5. The van der Waals surface area contributed by atoms with Gasteiger partial charge in [-0.05, 0) is 11.8 Å². The van der Waals surface area contributed by atoms with Crippen LogP contribution in [0.15, 0.2) is 45.4 Å². The van der Waals surface area contributed by atoms with Crippen LogP contribution in [0.2, 0.25) is 0 Å². The molecule has 2 aromatic heterocycles.